The molecule has 0 bridgehead atoms. The molecule has 4 nitrogen and oxygen atoms in total. The van der Waals surface area contributed by atoms with Gasteiger partial charge in [0.05, 0.1) is 17.6 Å². The molecular weight excluding hydrogens is 390 g/mol. The number of hydrogen-bond acceptors (Lipinski definition) is 2. The highest BCUT2D eigenvalue weighted by molar-refractivity contribution is 9.11. The molecule has 1 aliphatic heterocycles. The predicted octanol–water partition coefficient (Wildman–Crippen LogP) is 4.77. The number of nitrogens with zero attached hydrogens (tertiary/aromatic N) is 3. The molecule has 0 N–H and O–H groups in total. The van der Waals surface area contributed by atoms with Crippen LogP contribution >= 0.6 is 15.9 Å². The summed E-state index contributed by atoms with van der Waals surface area (Å²) in [5.41, 5.74) is 4.15. The number of fused-ring (bicyclic) bond motifs is 1. The number of amides is 1. The molecule has 2 aromatic carbocycles. The molecule has 1 fully saturated rings. The van der Waals surface area contributed by atoms with Gasteiger partial charge in [0.1, 0.15) is 5.82 Å². The first-order chi connectivity index (χ1) is 12.5. The second kappa shape index (κ2) is 6.72. The molecule has 0 spiro atoms. The van der Waals surface area contributed by atoms with Crippen LogP contribution < -0.4 is 4.90 Å². The highest BCUT2D eigenvalue weighted by Crippen LogP contribution is 2.34. The molecule has 26 heavy (non-hydrogen) atoms. The van der Waals surface area contributed by atoms with E-state index in [0.717, 1.165) is 32.6 Å². The van der Waals surface area contributed by atoms with Crippen LogP contribution in [0.25, 0.3) is 11.0 Å². The van der Waals surface area contributed by atoms with Crippen molar-refractivity contribution in [1.29, 1.82) is 0 Å². The maximum absolute atomic E-state index is 12.7. The number of rotatable bonds is 4. The lowest BCUT2D eigenvalue weighted by atomic mass is 10.1. The van der Waals surface area contributed by atoms with Gasteiger partial charge in [-0.1, -0.05) is 46.8 Å². The molecule has 132 valence electrons. The van der Waals surface area contributed by atoms with Crippen LogP contribution in [0.5, 0.6) is 0 Å². The molecule has 0 aliphatic carbocycles. The molecule has 5 heteroatoms. The van der Waals surface area contributed by atoms with Crippen molar-refractivity contribution >= 4 is 38.6 Å². The number of hydrogen-bond donors (Lipinski definition) is 0. The Morgan fingerprint density at radius 2 is 2.08 bits per heavy atom. The van der Waals surface area contributed by atoms with Gasteiger partial charge in [-0.15, -0.1) is 0 Å². The molecule has 1 atom stereocenters. The van der Waals surface area contributed by atoms with Crippen molar-refractivity contribution in [3.05, 3.63) is 71.0 Å². The monoisotopic (exact) mass is 409 g/mol. The number of halogens is 1. The van der Waals surface area contributed by atoms with E-state index in [2.05, 4.69) is 39.2 Å². The Bertz CT molecular complexity index is 1010. The Labute approximate surface area is 161 Å². The number of carbonyl (C=O) groups is 1. The van der Waals surface area contributed by atoms with Gasteiger partial charge < -0.3 is 9.47 Å². The number of aromatic nitrogens is 2. The zero-order chi connectivity index (χ0) is 18.3. The van der Waals surface area contributed by atoms with Gasteiger partial charge in [-0.2, -0.15) is 0 Å². The molecule has 0 saturated carbocycles. The first-order valence-electron chi connectivity index (χ1n) is 8.68. The molecule has 1 aliphatic rings. The lowest BCUT2D eigenvalue weighted by Crippen LogP contribution is -2.24. The van der Waals surface area contributed by atoms with Gasteiger partial charge in [0, 0.05) is 29.1 Å². The van der Waals surface area contributed by atoms with E-state index in [1.54, 1.807) is 0 Å². The number of allylic oxidation sites excluding steroid dienone is 1. The molecule has 0 unspecified atom stereocenters. The first-order valence-corrected chi connectivity index (χ1v) is 9.47. The van der Waals surface area contributed by atoms with Gasteiger partial charge in [-0.05, 0) is 36.8 Å². The van der Waals surface area contributed by atoms with Gasteiger partial charge in [0.15, 0.2) is 0 Å². The minimum absolute atomic E-state index is 0.0715. The zero-order valence-corrected chi connectivity index (χ0v) is 16.2. The number of anilines is 1. The number of carbonyl (C=O) groups excluding carboxylic acids is 1. The summed E-state index contributed by atoms with van der Waals surface area (Å²) in [6.45, 7) is 7.32. The lowest BCUT2D eigenvalue weighted by Gasteiger charge is -2.18. The third-order valence-corrected chi connectivity index (χ3v) is 5.07. The molecule has 2 heterocycles. The van der Waals surface area contributed by atoms with Crippen LogP contribution in [0.2, 0.25) is 0 Å². The highest BCUT2D eigenvalue weighted by atomic mass is 79.9. The first kappa shape index (κ1) is 17.0. The van der Waals surface area contributed by atoms with Crippen molar-refractivity contribution in [2.75, 3.05) is 11.4 Å². The number of aryl methyl sites for hydroxylation is 1. The van der Waals surface area contributed by atoms with Crippen molar-refractivity contribution in [1.82, 2.24) is 9.55 Å². The van der Waals surface area contributed by atoms with Crippen LogP contribution in [-0.2, 0) is 11.3 Å². The van der Waals surface area contributed by atoms with E-state index in [-0.39, 0.29) is 11.8 Å². The molecule has 0 radical (unpaired) electrons. The van der Waals surface area contributed by atoms with E-state index >= 15 is 0 Å². The van der Waals surface area contributed by atoms with Crippen LogP contribution in [0.3, 0.4) is 0 Å². The lowest BCUT2D eigenvalue weighted by molar-refractivity contribution is -0.117. The summed E-state index contributed by atoms with van der Waals surface area (Å²) in [7, 11) is 0. The summed E-state index contributed by atoms with van der Waals surface area (Å²) >= 11 is 3.47. The topological polar surface area (TPSA) is 38.1 Å². The van der Waals surface area contributed by atoms with Crippen LogP contribution in [0, 0.1) is 6.92 Å². The Balaban J connectivity index is 1.72. The Hall–Kier alpha value is -2.40. The maximum Gasteiger partial charge on any atom is 0.227 e. The Kier molecular flexibility index (Phi) is 4.41. The Morgan fingerprint density at radius 1 is 1.27 bits per heavy atom. The van der Waals surface area contributed by atoms with Crippen LogP contribution in [-0.4, -0.2) is 22.0 Å². The van der Waals surface area contributed by atoms with Crippen molar-refractivity contribution in [3.63, 3.8) is 0 Å². The average molecular weight is 410 g/mol. The maximum atomic E-state index is 12.7. The third-order valence-electron chi connectivity index (χ3n) is 4.82. The van der Waals surface area contributed by atoms with E-state index in [1.165, 1.54) is 0 Å². The largest absolute Gasteiger partial charge is 0.323 e. The SMILES string of the molecule is C=C(Br)Cn1c([C@H]2CC(=O)N(c3cccc(C)c3)C2)nc2ccccc21. The summed E-state index contributed by atoms with van der Waals surface area (Å²) in [6.07, 6.45) is 0.478. The normalized spacial score (nSPS) is 17.2. The molecular formula is C21H20BrN3O. The van der Waals surface area contributed by atoms with Gasteiger partial charge in [-0.3, -0.25) is 4.79 Å². The van der Waals surface area contributed by atoms with Gasteiger partial charge >= 0.3 is 0 Å². The number of para-hydroxylation sites is 2. The fourth-order valence-electron chi connectivity index (χ4n) is 3.67. The van der Waals surface area contributed by atoms with E-state index in [4.69, 9.17) is 4.98 Å². The summed E-state index contributed by atoms with van der Waals surface area (Å²) in [5.74, 6) is 1.18. The van der Waals surface area contributed by atoms with Crippen LogP contribution in [0.15, 0.2) is 59.6 Å². The Morgan fingerprint density at radius 3 is 2.85 bits per heavy atom. The fraction of sp³-hybridized carbons (Fsp3) is 0.238. The molecule has 1 aromatic heterocycles. The summed E-state index contributed by atoms with van der Waals surface area (Å²) < 4.78 is 3.06. The van der Waals surface area contributed by atoms with E-state index < -0.39 is 0 Å². The average Bonchev–Trinajstić information content (AvgIpc) is 3.16. The number of imidazole rings is 1. The standard InChI is InChI=1S/C21H20BrN3O/c1-14-6-5-7-17(10-14)24-13-16(11-20(24)26)21-23-18-8-3-4-9-19(18)25(21)12-15(2)22/h3-10,16H,2,11-13H2,1H3/t16-/m0/s1. The van der Waals surface area contributed by atoms with Gasteiger partial charge in [0.2, 0.25) is 5.91 Å². The van der Waals surface area contributed by atoms with Gasteiger partial charge in [0.25, 0.3) is 0 Å². The summed E-state index contributed by atoms with van der Waals surface area (Å²) in [5, 5.41) is 0. The zero-order valence-electron chi connectivity index (χ0n) is 14.7. The van der Waals surface area contributed by atoms with Crippen molar-refractivity contribution in [2.45, 2.75) is 25.8 Å². The smallest absolute Gasteiger partial charge is 0.227 e. The van der Waals surface area contributed by atoms with Crippen molar-refractivity contribution < 1.29 is 4.79 Å². The molecule has 1 saturated heterocycles. The predicted molar refractivity (Wildman–Crippen MR) is 109 cm³/mol. The van der Waals surface area contributed by atoms with E-state index in [1.807, 2.05) is 48.2 Å². The summed E-state index contributed by atoms with van der Waals surface area (Å²) in [4.78, 5) is 19.4. The van der Waals surface area contributed by atoms with Crippen molar-refractivity contribution in [3.8, 4) is 0 Å². The third kappa shape index (κ3) is 3.07. The van der Waals surface area contributed by atoms with Crippen LogP contribution in [0.1, 0.15) is 23.7 Å². The summed E-state index contributed by atoms with van der Waals surface area (Å²) in [6, 6.07) is 16.2. The van der Waals surface area contributed by atoms with E-state index in [9.17, 15) is 4.79 Å². The van der Waals surface area contributed by atoms with Crippen LogP contribution in [0.4, 0.5) is 5.69 Å². The quantitative estimate of drug-likeness (QED) is 0.621. The highest BCUT2D eigenvalue weighted by Gasteiger charge is 2.34. The molecule has 3 aromatic rings. The minimum atomic E-state index is 0.0715. The number of benzene rings is 2. The fourth-order valence-corrected chi connectivity index (χ4v) is 3.92. The minimum Gasteiger partial charge on any atom is -0.323 e. The second-order valence-electron chi connectivity index (χ2n) is 6.81. The molecule has 1 amide bonds. The molecule has 4 rings (SSSR count). The second-order valence-corrected chi connectivity index (χ2v) is 7.93. The van der Waals surface area contributed by atoms with E-state index in [0.29, 0.717) is 19.5 Å². The van der Waals surface area contributed by atoms with Crippen molar-refractivity contribution in [2.24, 2.45) is 0 Å². The van der Waals surface area contributed by atoms with Gasteiger partial charge in [-0.25, -0.2) is 4.98 Å².